The average Bonchev–Trinajstić information content (AvgIpc) is 2.38. The normalized spacial score (nSPS) is 14.4. The molecule has 0 saturated carbocycles. The van der Waals surface area contributed by atoms with Gasteiger partial charge in [0, 0.05) is 6.20 Å². The SMILES string of the molecule is O=C(OCc1ccccc1)N1C=COCC1. The second kappa shape index (κ2) is 5.21. The Morgan fingerprint density at radius 2 is 2.19 bits per heavy atom. The number of ether oxygens (including phenoxy) is 2. The smallest absolute Gasteiger partial charge is 0.414 e. The predicted molar refractivity (Wildman–Crippen MR) is 58.4 cm³/mol. The maximum Gasteiger partial charge on any atom is 0.414 e. The largest absolute Gasteiger partial charge is 0.498 e. The highest BCUT2D eigenvalue weighted by molar-refractivity contribution is 5.68. The van der Waals surface area contributed by atoms with E-state index >= 15 is 0 Å². The predicted octanol–water partition coefficient (Wildman–Crippen LogP) is 2.13. The molecule has 0 N–H and O–H groups in total. The van der Waals surface area contributed by atoms with Gasteiger partial charge >= 0.3 is 6.09 Å². The molecule has 1 aromatic rings. The molecule has 0 atom stereocenters. The highest BCUT2D eigenvalue weighted by atomic mass is 16.6. The van der Waals surface area contributed by atoms with Crippen molar-refractivity contribution in [3.63, 3.8) is 0 Å². The first-order valence-electron chi connectivity index (χ1n) is 5.12. The topological polar surface area (TPSA) is 38.8 Å². The Hall–Kier alpha value is -1.97. The summed E-state index contributed by atoms with van der Waals surface area (Å²) < 4.78 is 10.1. The van der Waals surface area contributed by atoms with E-state index in [1.807, 2.05) is 30.3 Å². The van der Waals surface area contributed by atoms with Crippen LogP contribution >= 0.6 is 0 Å². The maximum absolute atomic E-state index is 11.6. The van der Waals surface area contributed by atoms with E-state index in [2.05, 4.69) is 0 Å². The first kappa shape index (κ1) is 10.5. The molecule has 0 bridgehead atoms. The van der Waals surface area contributed by atoms with Gasteiger partial charge in [-0.25, -0.2) is 4.79 Å². The fraction of sp³-hybridized carbons (Fsp3) is 0.250. The Labute approximate surface area is 94.1 Å². The van der Waals surface area contributed by atoms with Gasteiger partial charge in [0.15, 0.2) is 0 Å². The zero-order valence-electron chi connectivity index (χ0n) is 8.83. The first-order chi connectivity index (χ1) is 7.86. The van der Waals surface area contributed by atoms with Crippen LogP contribution in [-0.4, -0.2) is 24.1 Å². The Morgan fingerprint density at radius 3 is 2.88 bits per heavy atom. The van der Waals surface area contributed by atoms with Crippen molar-refractivity contribution in [1.82, 2.24) is 4.90 Å². The summed E-state index contributed by atoms with van der Waals surface area (Å²) in [5.41, 5.74) is 0.980. The van der Waals surface area contributed by atoms with Crippen LogP contribution in [0.1, 0.15) is 5.56 Å². The molecule has 4 heteroatoms. The van der Waals surface area contributed by atoms with Crippen molar-refractivity contribution >= 4 is 6.09 Å². The molecule has 0 saturated heterocycles. The number of nitrogens with zero attached hydrogens (tertiary/aromatic N) is 1. The second-order valence-electron chi connectivity index (χ2n) is 3.39. The first-order valence-corrected chi connectivity index (χ1v) is 5.12. The van der Waals surface area contributed by atoms with Crippen molar-refractivity contribution in [2.75, 3.05) is 13.2 Å². The monoisotopic (exact) mass is 219 g/mol. The van der Waals surface area contributed by atoms with Crippen LogP contribution in [0.3, 0.4) is 0 Å². The van der Waals surface area contributed by atoms with Crippen molar-refractivity contribution in [3.05, 3.63) is 48.4 Å². The molecule has 84 valence electrons. The van der Waals surface area contributed by atoms with E-state index < -0.39 is 0 Å². The van der Waals surface area contributed by atoms with Crippen molar-refractivity contribution < 1.29 is 14.3 Å². The molecule has 0 aliphatic carbocycles. The Kier molecular flexibility index (Phi) is 3.43. The van der Waals surface area contributed by atoms with Gasteiger partial charge < -0.3 is 9.47 Å². The van der Waals surface area contributed by atoms with Gasteiger partial charge in [-0.3, -0.25) is 4.90 Å². The molecule has 0 aromatic heterocycles. The zero-order chi connectivity index (χ0) is 11.2. The number of hydrogen-bond donors (Lipinski definition) is 0. The molecule has 1 amide bonds. The molecule has 0 fully saturated rings. The molecule has 0 radical (unpaired) electrons. The minimum absolute atomic E-state index is 0.296. The van der Waals surface area contributed by atoms with Crippen LogP contribution in [0.15, 0.2) is 42.8 Å². The number of benzene rings is 1. The molecule has 0 unspecified atom stereocenters. The molecular formula is C12H13NO3. The zero-order valence-corrected chi connectivity index (χ0v) is 8.83. The lowest BCUT2D eigenvalue weighted by atomic mass is 10.2. The minimum Gasteiger partial charge on any atom is -0.498 e. The molecule has 1 aliphatic heterocycles. The highest BCUT2D eigenvalue weighted by Gasteiger charge is 2.14. The molecule has 2 rings (SSSR count). The van der Waals surface area contributed by atoms with Crippen LogP contribution < -0.4 is 0 Å². The molecule has 0 spiro atoms. The van der Waals surface area contributed by atoms with Crippen molar-refractivity contribution in [1.29, 1.82) is 0 Å². The Balaban J connectivity index is 1.84. The van der Waals surface area contributed by atoms with Gasteiger partial charge in [-0.1, -0.05) is 30.3 Å². The van der Waals surface area contributed by atoms with Crippen LogP contribution in [0.4, 0.5) is 4.79 Å². The van der Waals surface area contributed by atoms with Crippen molar-refractivity contribution in [3.8, 4) is 0 Å². The third-order valence-corrected chi connectivity index (χ3v) is 2.23. The minimum atomic E-state index is -0.344. The number of rotatable bonds is 2. The summed E-state index contributed by atoms with van der Waals surface area (Å²) in [4.78, 5) is 13.1. The summed E-state index contributed by atoms with van der Waals surface area (Å²) >= 11 is 0. The summed E-state index contributed by atoms with van der Waals surface area (Å²) in [5, 5.41) is 0. The van der Waals surface area contributed by atoms with Crippen LogP contribution in [0, 0.1) is 0 Å². The number of carbonyl (C=O) groups excluding carboxylic acids is 1. The van der Waals surface area contributed by atoms with E-state index in [1.54, 1.807) is 6.20 Å². The molecule has 1 aromatic carbocycles. The number of amides is 1. The highest BCUT2D eigenvalue weighted by Crippen LogP contribution is 2.05. The maximum atomic E-state index is 11.6. The van der Waals surface area contributed by atoms with Crippen molar-refractivity contribution in [2.24, 2.45) is 0 Å². The van der Waals surface area contributed by atoms with Gasteiger partial charge in [-0.2, -0.15) is 0 Å². The standard InChI is InChI=1S/C12H13NO3/c14-12(13-6-8-15-9-7-13)16-10-11-4-2-1-3-5-11/h1-6,8H,7,9-10H2. The lowest BCUT2D eigenvalue weighted by Gasteiger charge is -2.20. The average molecular weight is 219 g/mol. The summed E-state index contributed by atoms with van der Waals surface area (Å²) in [6.07, 6.45) is 2.73. The summed E-state index contributed by atoms with van der Waals surface area (Å²) in [6.45, 7) is 1.34. The van der Waals surface area contributed by atoms with E-state index in [0.29, 0.717) is 19.8 Å². The fourth-order valence-electron chi connectivity index (χ4n) is 1.36. The summed E-state index contributed by atoms with van der Waals surface area (Å²) in [7, 11) is 0. The summed E-state index contributed by atoms with van der Waals surface area (Å²) in [6, 6.07) is 9.59. The number of hydrogen-bond acceptors (Lipinski definition) is 3. The molecule has 4 nitrogen and oxygen atoms in total. The van der Waals surface area contributed by atoms with Crippen LogP contribution in [0.5, 0.6) is 0 Å². The lowest BCUT2D eigenvalue weighted by Crippen LogP contribution is -2.31. The molecule has 1 heterocycles. The van der Waals surface area contributed by atoms with Gasteiger partial charge in [0.05, 0.1) is 12.8 Å². The van der Waals surface area contributed by atoms with E-state index in [9.17, 15) is 4.79 Å². The van der Waals surface area contributed by atoms with Crippen LogP contribution in [-0.2, 0) is 16.1 Å². The Morgan fingerprint density at radius 1 is 1.38 bits per heavy atom. The molecule has 1 aliphatic rings. The van der Waals surface area contributed by atoms with Crippen LogP contribution in [0.2, 0.25) is 0 Å². The van der Waals surface area contributed by atoms with E-state index in [1.165, 1.54) is 11.2 Å². The van der Waals surface area contributed by atoms with Gasteiger partial charge in [0.25, 0.3) is 0 Å². The van der Waals surface area contributed by atoms with E-state index in [-0.39, 0.29) is 6.09 Å². The third-order valence-electron chi connectivity index (χ3n) is 2.23. The summed E-state index contributed by atoms with van der Waals surface area (Å²) in [5.74, 6) is 0. The lowest BCUT2D eigenvalue weighted by molar-refractivity contribution is 0.0933. The van der Waals surface area contributed by atoms with E-state index in [0.717, 1.165) is 5.56 Å². The molecule has 16 heavy (non-hydrogen) atoms. The molecular weight excluding hydrogens is 206 g/mol. The van der Waals surface area contributed by atoms with Gasteiger partial charge in [-0.05, 0) is 5.56 Å². The Bertz CT molecular complexity index is 375. The van der Waals surface area contributed by atoms with E-state index in [4.69, 9.17) is 9.47 Å². The quantitative estimate of drug-likeness (QED) is 0.764. The van der Waals surface area contributed by atoms with Gasteiger partial charge in [0.1, 0.15) is 13.2 Å². The number of carbonyl (C=O) groups is 1. The fourth-order valence-corrected chi connectivity index (χ4v) is 1.36. The van der Waals surface area contributed by atoms with Gasteiger partial charge in [-0.15, -0.1) is 0 Å². The van der Waals surface area contributed by atoms with Crippen LogP contribution in [0.25, 0.3) is 0 Å². The van der Waals surface area contributed by atoms with Gasteiger partial charge in [0.2, 0.25) is 0 Å². The second-order valence-corrected chi connectivity index (χ2v) is 3.39. The third kappa shape index (κ3) is 2.76. The van der Waals surface area contributed by atoms with Crippen molar-refractivity contribution in [2.45, 2.75) is 6.61 Å².